The molecular weight excluding hydrogens is 587 g/mol. The quantitative estimate of drug-likeness (QED) is 0.282. The van der Waals surface area contributed by atoms with Gasteiger partial charge in [-0.15, -0.1) is 0 Å². The molecule has 3 aliphatic rings. The zero-order chi connectivity index (χ0) is 24.8. The summed E-state index contributed by atoms with van der Waals surface area (Å²) in [6, 6.07) is 7.79. The maximum Gasteiger partial charge on any atom is 0.292 e. The number of hydrogen-bond donors (Lipinski definition) is 1. The van der Waals surface area contributed by atoms with Crippen LogP contribution < -0.4 is 10.1 Å². The van der Waals surface area contributed by atoms with Crippen LogP contribution in [0.15, 0.2) is 24.5 Å². The van der Waals surface area contributed by atoms with E-state index in [0.717, 1.165) is 37.7 Å². The van der Waals surface area contributed by atoms with E-state index in [1.165, 1.54) is 6.33 Å². The molecule has 2 saturated carbocycles. The van der Waals surface area contributed by atoms with Crippen LogP contribution in [-0.2, 0) is 0 Å². The number of hydrogen-bond acceptors (Lipinski definition) is 6. The number of ether oxygens (including phenoxy) is 1. The lowest BCUT2D eigenvalue weighted by atomic mass is 9.68. The summed E-state index contributed by atoms with van der Waals surface area (Å²) in [6.07, 6.45) is 6.50. The first-order valence-corrected chi connectivity index (χ1v) is 14.7. The van der Waals surface area contributed by atoms with E-state index in [-0.39, 0.29) is 17.9 Å². The third-order valence-corrected chi connectivity index (χ3v) is 9.83. The second-order valence-electron chi connectivity index (χ2n) is 9.66. The third-order valence-electron chi connectivity index (χ3n) is 7.86. The Kier molecular flexibility index (Phi) is 6.74. The number of rotatable bonds is 8. The van der Waals surface area contributed by atoms with Crippen LogP contribution in [0.3, 0.4) is 0 Å². The van der Waals surface area contributed by atoms with Crippen LogP contribution in [0.1, 0.15) is 49.7 Å². The molecule has 1 saturated heterocycles. The number of nitrogens with zero attached hydrogens (tertiary/aromatic N) is 4. The molecule has 186 valence electrons. The summed E-state index contributed by atoms with van der Waals surface area (Å²) < 4.78 is 35.2. The van der Waals surface area contributed by atoms with E-state index in [1.807, 2.05) is 6.92 Å². The topological polar surface area (TPSA) is 74.1 Å². The molecule has 6 nitrogen and oxygen atoms in total. The van der Waals surface area contributed by atoms with Crippen LogP contribution in [0.2, 0.25) is 5.02 Å². The van der Waals surface area contributed by atoms with E-state index in [2.05, 4.69) is 30.8 Å². The molecule has 3 unspecified atom stereocenters. The summed E-state index contributed by atoms with van der Waals surface area (Å²) in [7, 11) is 0. The molecule has 35 heavy (non-hydrogen) atoms. The number of nitriles is 1. The summed E-state index contributed by atoms with van der Waals surface area (Å²) in [4.78, 5) is 11.0. The van der Waals surface area contributed by atoms with Crippen molar-refractivity contribution in [2.45, 2.75) is 67.6 Å². The van der Waals surface area contributed by atoms with Crippen LogP contribution in [-0.4, -0.2) is 48.0 Å². The minimum atomic E-state index is -2.59. The van der Waals surface area contributed by atoms with E-state index in [0.29, 0.717) is 46.6 Å². The highest BCUT2D eigenvalue weighted by Gasteiger charge is 2.66. The van der Waals surface area contributed by atoms with Crippen LogP contribution >= 0.6 is 32.3 Å². The van der Waals surface area contributed by atoms with Crippen LogP contribution in [0.5, 0.6) is 5.88 Å². The van der Waals surface area contributed by atoms with Crippen molar-refractivity contribution in [3.63, 3.8) is 0 Å². The van der Waals surface area contributed by atoms with E-state index < -0.39 is 24.7 Å². The van der Waals surface area contributed by atoms with Crippen LogP contribution in [0, 0.1) is 23.7 Å². The molecule has 1 aromatic carbocycles. The molecular formula is C25H27ClF2IN5O. The normalized spacial score (nSPS) is 27.6. The summed E-state index contributed by atoms with van der Waals surface area (Å²) in [5.74, 6) is 1.10. The highest BCUT2D eigenvalue weighted by atomic mass is 127. The van der Waals surface area contributed by atoms with Crippen LogP contribution in [0.25, 0.3) is 0 Å². The molecule has 2 aromatic rings. The minimum absolute atomic E-state index is 0.00803. The third kappa shape index (κ3) is 4.53. The second kappa shape index (κ2) is 9.52. The smallest absolute Gasteiger partial charge is 0.292 e. The first-order chi connectivity index (χ1) is 16.8. The highest BCUT2D eigenvalue weighted by molar-refractivity contribution is 14.2. The summed E-state index contributed by atoms with van der Waals surface area (Å²) >= 11 is 4.98. The van der Waals surface area contributed by atoms with Crippen molar-refractivity contribution in [1.29, 1.82) is 5.26 Å². The van der Waals surface area contributed by atoms with Gasteiger partial charge < -0.3 is 10.1 Å². The van der Waals surface area contributed by atoms with Gasteiger partial charge in [0.15, 0.2) is 0 Å². The zero-order valence-corrected chi connectivity index (χ0v) is 22.3. The predicted molar refractivity (Wildman–Crippen MR) is 141 cm³/mol. The summed E-state index contributed by atoms with van der Waals surface area (Å²) in [5, 5.41) is 12.7. The lowest BCUT2D eigenvalue weighted by Crippen LogP contribution is -2.67. The summed E-state index contributed by atoms with van der Waals surface area (Å²) in [5.41, 5.74) is 2.08. The van der Waals surface area contributed by atoms with Crippen molar-refractivity contribution in [2.75, 3.05) is 11.9 Å². The first-order valence-electron chi connectivity index (χ1n) is 11.7. The fourth-order valence-corrected chi connectivity index (χ4v) is 7.15. The van der Waals surface area contributed by atoms with E-state index >= 15 is 0 Å². The van der Waals surface area contributed by atoms with Gasteiger partial charge in [-0.3, -0.25) is 4.90 Å². The molecule has 10 heteroatoms. The van der Waals surface area contributed by atoms with Gasteiger partial charge in [0.05, 0.1) is 27.9 Å². The molecule has 4 atom stereocenters. The Morgan fingerprint density at radius 2 is 2.23 bits per heavy atom. The van der Waals surface area contributed by atoms with Crippen molar-refractivity contribution in [3.8, 4) is 11.9 Å². The van der Waals surface area contributed by atoms with Crippen molar-refractivity contribution in [2.24, 2.45) is 5.41 Å². The number of aromatic nitrogens is 2. The molecule has 1 N–H and O–H groups in total. The molecule has 1 aromatic heterocycles. The molecule has 2 aliphatic carbocycles. The van der Waals surface area contributed by atoms with Gasteiger partial charge in [-0.25, -0.2) is 9.97 Å². The van der Waals surface area contributed by atoms with Gasteiger partial charge in [-0.05, 0) is 44.4 Å². The number of alkyl halides is 3. The second-order valence-corrected chi connectivity index (χ2v) is 12.4. The maximum atomic E-state index is 13.9. The van der Waals surface area contributed by atoms with Crippen molar-refractivity contribution in [3.05, 3.63) is 40.7 Å². The Morgan fingerprint density at radius 3 is 2.97 bits per heavy atom. The lowest BCUT2D eigenvalue weighted by Gasteiger charge is -2.58. The van der Waals surface area contributed by atoms with Crippen molar-refractivity contribution in [1.82, 2.24) is 14.9 Å². The molecule has 0 amide bonds. The maximum absolute atomic E-state index is 13.9. The fourth-order valence-electron chi connectivity index (χ4n) is 6.30. The van der Waals surface area contributed by atoms with Crippen molar-refractivity contribution >= 4 is 48.4 Å². The summed E-state index contributed by atoms with van der Waals surface area (Å²) in [6.45, 7) is 2.34. The number of halogens is 4. The predicted octanol–water partition coefficient (Wildman–Crippen LogP) is 6.20. The van der Waals surface area contributed by atoms with Crippen molar-refractivity contribution < 1.29 is 13.5 Å². The average molecular weight is 614 g/mol. The van der Waals surface area contributed by atoms with E-state index in [1.54, 1.807) is 18.2 Å². The number of likely N-dealkylation sites (tertiary alicyclic amines) is 1. The number of nitrogens with one attached hydrogen (secondary N) is 1. The molecule has 3 fully saturated rings. The van der Waals surface area contributed by atoms with Gasteiger partial charge in [0.25, 0.3) is 3.93 Å². The fraction of sp³-hybridized carbons (Fsp3) is 0.520. The van der Waals surface area contributed by atoms with Crippen LogP contribution in [0.4, 0.5) is 20.3 Å². The van der Waals surface area contributed by atoms with Gasteiger partial charge in [0.2, 0.25) is 5.88 Å². The monoisotopic (exact) mass is 613 g/mol. The molecule has 5 rings (SSSR count). The molecule has 1 spiro atoms. The molecule has 2 heterocycles. The van der Waals surface area contributed by atoms with Gasteiger partial charge in [-0.1, -0.05) is 43.3 Å². The Morgan fingerprint density at radius 1 is 1.40 bits per heavy atom. The lowest BCUT2D eigenvalue weighted by molar-refractivity contribution is -0.106. The van der Waals surface area contributed by atoms with E-state index in [4.69, 9.17) is 21.6 Å². The van der Waals surface area contributed by atoms with E-state index in [9.17, 15) is 8.78 Å². The van der Waals surface area contributed by atoms with Gasteiger partial charge in [0, 0.05) is 36.9 Å². The largest absolute Gasteiger partial charge is 0.474 e. The van der Waals surface area contributed by atoms with Gasteiger partial charge in [0.1, 0.15) is 18.2 Å². The Labute approximate surface area is 218 Å². The molecule has 1 aliphatic heterocycles. The Bertz CT molecular complexity index is 1190. The Balaban J connectivity index is 1.28. The SMILES string of the molecule is C=IC(F)(F)CCN1C2CCCC23C[C@H](Oc2ncnc(Nc4ccc(C#N)cc4Cl)c2C)CC13. The molecule has 0 bridgehead atoms. The molecule has 0 radical (unpaired) electrons. The standard InChI is InChI=1S/C25H27ClF2IN5O/c1-15-22(33-19-6-5-16(13-30)10-18(19)26)31-14-32-23(15)35-17-11-21-24(12-17)7-3-4-20(24)34(21)9-8-25(27,28)29-2/h5-6,10,14,17,20-21H,2-4,7-9,11-12H2,1H3,(H,31,32,33)/t17-,20?,21?,24?/m1/s1. The first kappa shape index (κ1) is 24.8. The number of benzene rings is 1. The van der Waals surface area contributed by atoms with Gasteiger partial charge >= 0.3 is 0 Å². The minimum Gasteiger partial charge on any atom is -0.474 e. The number of anilines is 2. The highest BCUT2D eigenvalue weighted by Crippen LogP contribution is 2.63. The zero-order valence-electron chi connectivity index (χ0n) is 19.4. The van der Waals surface area contributed by atoms with Gasteiger partial charge in [-0.2, -0.15) is 14.0 Å². The Hall–Kier alpha value is -1.90. The average Bonchev–Trinajstić information content (AvgIpc) is 3.35.